The smallest absolute Gasteiger partial charge is 0.572 e. The summed E-state index contributed by atoms with van der Waals surface area (Å²) in [6, 6.07) is 4.93. The Kier molecular flexibility index (Phi) is 2.51. The first-order valence-corrected chi connectivity index (χ1v) is 5.76. The lowest BCUT2D eigenvalue weighted by molar-refractivity contribution is -0.191. The molecule has 1 aromatic rings. The highest BCUT2D eigenvalue weighted by Gasteiger charge is 2.55. The molecule has 2 aliphatic rings. The fourth-order valence-corrected chi connectivity index (χ4v) is 2.15. The van der Waals surface area contributed by atoms with Crippen molar-refractivity contribution in [2.75, 3.05) is 13.7 Å². The van der Waals surface area contributed by atoms with Crippen molar-refractivity contribution in [3.8, 4) is 11.5 Å². The van der Waals surface area contributed by atoms with Gasteiger partial charge >= 0.3 is 12.9 Å². The predicted molar refractivity (Wildman–Crippen MR) is 64.6 cm³/mol. The Bertz CT molecular complexity index is 610. The molecule has 0 fully saturated rings. The van der Waals surface area contributed by atoms with Crippen molar-refractivity contribution in [1.82, 2.24) is 0 Å². The molecule has 0 unspecified atom stereocenters. The molecule has 4 nitrogen and oxygen atoms in total. The van der Waals surface area contributed by atoms with Gasteiger partial charge in [0.05, 0.1) is 12.9 Å². The predicted octanol–water partition coefficient (Wildman–Crippen LogP) is 2.48. The van der Waals surface area contributed by atoms with Crippen LogP contribution in [0.5, 0.6) is 11.5 Å². The van der Waals surface area contributed by atoms with Gasteiger partial charge in [-0.3, -0.25) is 0 Å². The van der Waals surface area contributed by atoms with E-state index in [0.717, 1.165) is 0 Å². The van der Waals surface area contributed by atoms with Gasteiger partial charge in [-0.2, -0.15) is 0 Å². The minimum atomic E-state index is -4.32. The highest BCUT2D eigenvalue weighted by molar-refractivity contribution is 6.51. The summed E-state index contributed by atoms with van der Waals surface area (Å²) in [4.78, 5) is 0. The van der Waals surface area contributed by atoms with Crippen molar-refractivity contribution in [3.05, 3.63) is 35.1 Å². The summed E-state index contributed by atoms with van der Waals surface area (Å²) in [5, 5.41) is 0. The second kappa shape index (κ2) is 3.98. The van der Waals surface area contributed by atoms with Crippen LogP contribution in [0.15, 0.2) is 29.5 Å². The molecule has 3 rings (SSSR count). The van der Waals surface area contributed by atoms with E-state index in [4.69, 9.17) is 13.8 Å². The first-order chi connectivity index (χ1) is 9.00. The van der Waals surface area contributed by atoms with Gasteiger partial charge in [0, 0.05) is 6.07 Å². The maximum atomic E-state index is 13.4. The summed E-state index contributed by atoms with van der Waals surface area (Å²) >= 11 is 0. The number of fused-ring (bicyclic) bond motifs is 3. The zero-order chi connectivity index (χ0) is 13.6. The van der Waals surface area contributed by atoms with E-state index in [2.05, 4.69) is 4.65 Å². The maximum Gasteiger partial charge on any atom is 0.994 e. The van der Waals surface area contributed by atoms with Crippen LogP contribution in [-0.4, -0.2) is 26.6 Å². The van der Waals surface area contributed by atoms with Gasteiger partial charge in [-0.1, -0.05) is 0 Å². The third kappa shape index (κ3) is 1.95. The lowest BCUT2D eigenvalue weighted by Gasteiger charge is -2.26. The van der Waals surface area contributed by atoms with Crippen molar-refractivity contribution in [2.24, 2.45) is 0 Å². The molecule has 7 heteroatoms. The summed E-state index contributed by atoms with van der Waals surface area (Å²) in [5.74, 6) is 1.30. The number of rotatable bonds is 1. The maximum absolute atomic E-state index is 13.4. The third-order valence-corrected chi connectivity index (χ3v) is 3.07. The Morgan fingerprint density at radius 2 is 2.16 bits per heavy atom. The minimum absolute atomic E-state index is 0.123. The van der Waals surface area contributed by atoms with Crippen molar-refractivity contribution in [3.63, 3.8) is 0 Å². The number of hydrogen-bond acceptors (Lipinski definition) is 3. The van der Waals surface area contributed by atoms with Gasteiger partial charge in [0.2, 0.25) is 0 Å². The Balaban J connectivity index is 2.15. The van der Waals surface area contributed by atoms with E-state index < -0.39 is 7.11 Å². The van der Waals surface area contributed by atoms with Gasteiger partial charge in [0.1, 0.15) is 29.2 Å². The van der Waals surface area contributed by atoms with E-state index >= 15 is 0 Å². The Hall–Kier alpha value is -2.05. The van der Waals surface area contributed by atoms with Crippen LogP contribution in [-0.2, 0) is 4.65 Å². The lowest BCUT2D eigenvalue weighted by atomic mass is 9.96. The summed E-state index contributed by atoms with van der Waals surface area (Å²) in [6.45, 7) is 1.61. The molecule has 2 heterocycles. The second-order valence-corrected chi connectivity index (χ2v) is 4.29. The van der Waals surface area contributed by atoms with Crippen molar-refractivity contribution < 1.29 is 27.1 Å². The molecule has 0 N–H and O–H groups in total. The minimum Gasteiger partial charge on any atom is -0.572 e. The van der Waals surface area contributed by atoms with Crippen molar-refractivity contribution >= 4 is 12.9 Å². The summed E-state index contributed by atoms with van der Waals surface area (Å²) in [5.41, 5.74) is 0.983. The molecule has 0 bridgehead atoms. The van der Waals surface area contributed by atoms with Gasteiger partial charge in [0.25, 0.3) is 0 Å². The van der Waals surface area contributed by atoms with E-state index in [1.807, 2.05) is 0 Å². The van der Waals surface area contributed by atoms with Gasteiger partial charge < -0.3 is 27.1 Å². The number of halogens is 2. The lowest BCUT2D eigenvalue weighted by Crippen LogP contribution is -2.36. The van der Waals surface area contributed by atoms with E-state index in [1.165, 1.54) is 14.0 Å². The number of ether oxygens (including phenoxy) is 2. The average molecular weight is 268 g/mol. The molecule has 0 spiro atoms. The normalized spacial score (nSPS) is 19.7. The number of allylic oxidation sites excluding steroid dienone is 1. The molecule has 0 radical (unpaired) electrons. The van der Waals surface area contributed by atoms with E-state index in [1.54, 1.807) is 18.2 Å². The van der Waals surface area contributed by atoms with Crippen LogP contribution in [0.1, 0.15) is 16.8 Å². The van der Waals surface area contributed by atoms with Crippen LogP contribution in [0.2, 0.25) is 0 Å². The quantitative estimate of drug-likeness (QED) is 0.580. The molecule has 0 saturated heterocycles. The molecule has 1 aromatic carbocycles. The van der Waals surface area contributed by atoms with Crippen molar-refractivity contribution in [2.45, 2.75) is 6.92 Å². The molecule has 2 aliphatic heterocycles. The van der Waals surface area contributed by atoms with E-state index in [0.29, 0.717) is 22.6 Å². The number of benzene rings is 1. The molecule has 0 amide bonds. The van der Waals surface area contributed by atoms with E-state index in [9.17, 15) is 8.63 Å². The SMILES string of the molecule is COc1ccc2c(c1)OCC1=C(C)O[B-](F)(F)[O+]=C12. The van der Waals surface area contributed by atoms with Crippen LogP contribution in [0.25, 0.3) is 0 Å². The molecule has 0 aromatic heterocycles. The van der Waals surface area contributed by atoms with Crippen LogP contribution in [0.4, 0.5) is 8.63 Å². The number of hydrogen-bond donors (Lipinski definition) is 0. The largest absolute Gasteiger partial charge is 0.994 e. The first-order valence-electron chi connectivity index (χ1n) is 5.76. The zero-order valence-corrected chi connectivity index (χ0v) is 10.4. The average Bonchev–Trinajstić information content (AvgIpc) is 2.36. The summed E-state index contributed by atoms with van der Waals surface area (Å²) < 4.78 is 46.5. The number of ketones is 1. The molecule has 19 heavy (non-hydrogen) atoms. The zero-order valence-electron chi connectivity index (χ0n) is 10.4. The van der Waals surface area contributed by atoms with Gasteiger partial charge in [-0.05, 0) is 19.1 Å². The van der Waals surface area contributed by atoms with E-state index in [-0.39, 0.29) is 18.1 Å². The second-order valence-electron chi connectivity index (χ2n) is 4.29. The first kappa shape index (κ1) is 12.0. The molecule has 100 valence electrons. The number of carbonyl (C=O) groups excluding carboxylic acids is 1. The number of methoxy groups -OCH3 is 1. The summed E-state index contributed by atoms with van der Waals surface area (Å²) in [6.07, 6.45) is 0. The van der Waals surface area contributed by atoms with Crippen LogP contribution < -0.4 is 9.47 Å². The van der Waals surface area contributed by atoms with Crippen molar-refractivity contribution in [1.29, 1.82) is 0 Å². The Labute approximate surface area is 108 Å². The topological polar surface area (TPSA) is 39.0 Å². The Morgan fingerprint density at radius 1 is 1.37 bits per heavy atom. The monoisotopic (exact) mass is 268 g/mol. The highest BCUT2D eigenvalue weighted by Crippen LogP contribution is 2.36. The molecular weight excluding hydrogens is 257 g/mol. The van der Waals surface area contributed by atoms with Crippen LogP contribution >= 0.6 is 0 Å². The van der Waals surface area contributed by atoms with Gasteiger partial charge in [0.15, 0.2) is 0 Å². The van der Waals surface area contributed by atoms with Gasteiger partial charge in [-0.25, -0.2) is 0 Å². The molecular formula is C12H11BF2O4. The van der Waals surface area contributed by atoms with Crippen LogP contribution in [0.3, 0.4) is 0 Å². The molecule has 0 saturated carbocycles. The van der Waals surface area contributed by atoms with Crippen LogP contribution in [0, 0.1) is 0 Å². The highest BCUT2D eigenvalue weighted by atomic mass is 19.3. The summed E-state index contributed by atoms with van der Waals surface area (Å²) in [7, 11) is -2.80. The standard InChI is InChI=1S/C12H11BF2O4/c1-7-10-6-17-11-5-8(16-2)3-4-9(11)12(10)19-13(14,15)18-7/h3-5H,6H2,1-2H3. The Morgan fingerprint density at radius 3 is 2.89 bits per heavy atom. The molecule has 0 aliphatic carbocycles. The molecule has 0 atom stereocenters. The fraction of sp³-hybridized carbons (Fsp3) is 0.250. The fourth-order valence-electron chi connectivity index (χ4n) is 2.15. The third-order valence-electron chi connectivity index (χ3n) is 3.07. The van der Waals surface area contributed by atoms with Gasteiger partial charge in [-0.15, -0.1) is 0 Å².